The highest BCUT2D eigenvalue weighted by molar-refractivity contribution is 5.69. The van der Waals surface area contributed by atoms with Gasteiger partial charge in [0, 0.05) is 52.1 Å². The first kappa shape index (κ1) is 52.8. The van der Waals surface area contributed by atoms with Crippen molar-refractivity contribution in [3.05, 3.63) is 0 Å². The van der Waals surface area contributed by atoms with E-state index in [4.69, 9.17) is 9.47 Å². The summed E-state index contributed by atoms with van der Waals surface area (Å²) in [5.41, 5.74) is 0. The van der Waals surface area contributed by atoms with Crippen LogP contribution in [0.15, 0.2) is 0 Å². The average molecular weight is 792 g/mol. The summed E-state index contributed by atoms with van der Waals surface area (Å²) < 4.78 is 11.6. The number of carbonyl (C=O) groups excluding carboxylic acids is 2. The van der Waals surface area contributed by atoms with Crippen molar-refractivity contribution in [1.82, 2.24) is 14.7 Å². The number of piperazine rings is 1. The summed E-state index contributed by atoms with van der Waals surface area (Å²) >= 11 is 0. The van der Waals surface area contributed by atoms with E-state index in [1.807, 2.05) is 0 Å². The second kappa shape index (κ2) is 40.6. The monoisotopic (exact) mass is 792 g/mol. The lowest BCUT2D eigenvalue weighted by Crippen LogP contribution is -2.47. The summed E-state index contributed by atoms with van der Waals surface area (Å²) in [6.07, 6.45) is 39.2. The standard InChI is InChI=1S/C49H97N3O4/c1-5-8-11-14-17-26-33-46-55-48(53)36-29-22-18-24-31-38-51(44-45-52-42-40-50(4)41-43-52)39-32-25-19-23-30-37-49(54)56-47(34-27-20-15-12-9-6-2)35-28-21-16-13-10-7-3/h47H,5-46H2,1-4H3. The molecule has 1 rings (SSSR count). The van der Waals surface area contributed by atoms with Crippen LogP contribution in [0.4, 0.5) is 0 Å². The van der Waals surface area contributed by atoms with Crippen LogP contribution in [0, 0.1) is 0 Å². The van der Waals surface area contributed by atoms with Crippen molar-refractivity contribution in [2.24, 2.45) is 0 Å². The van der Waals surface area contributed by atoms with Crippen LogP contribution in [0.1, 0.15) is 233 Å². The normalized spacial score (nSPS) is 14.0. The number of hydrogen-bond acceptors (Lipinski definition) is 7. The number of nitrogens with zero attached hydrogens (tertiary/aromatic N) is 3. The van der Waals surface area contributed by atoms with E-state index in [1.165, 1.54) is 206 Å². The quantitative estimate of drug-likeness (QED) is 0.0451. The molecular weight excluding hydrogens is 695 g/mol. The molecular formula is C49H97N3O4. The average Bonchev–Trinajstić information content (AvgIpc) is 3.19. The van der Waals surface area contributed by atoms with E-state index in [2.05, 4.69) is 42.5 Å². The number of rotatable bonds is 42. The molecule has 7 nitrogen and oxygen atoms in total. The van der Waals surface area contributed by atoms with Gasteiger partial charge in [0.25, 0.3) is 0 Å². The van der Waals surface area contributed by atoms with Crippen molar-refractivity contribution in [2.75, 3.05) is 66.0 Å². The minimum absolute atomic E-state index is 0.00255. The van der Waals surface area contributed by atoms with Gasteiger partial charge in [0.15, 0.2) is 0 Å². The van der Waals surface area contributed by atoms with E-state index < -0.39 is 0 Å². The van der Waals surface area contributed by atoms with Crippen LogP contribution >= 0.6 is 0 Å². The number of unbranched alkanes of at least 4 members (excludes halogenated alkanes) is 24. The highest BCUT2D eigenvalue weighted by Crippen LogP contribution is 2.19. The summed E-state index contributed by atoms with van der Waals surface area (Å²) in [6.45, 7) is 16.8. The van der Waals surface area contributed by atoms with Gasteiger partial charge in [-0.15, -0.1) is 0 Å². The zero-order valence-electron chi connectivity index (χ0n) is 38.3. The van der Waals surface area contributed by atoms with Crippen molar-refractivity contribution in [1.29, 1.82) is 0 Å². The molecule has 0 saturated carbocycles. The number of carbonyl (C=O) groups is 2. The SMILES string of the molecule is CCCCCCCCCOC(=O)CCCCCCCN(CCCCCCCC(=O)OC(CCCCCCCC)CCCCCCCC)CCN1CCN(C)CC1. The second-order valence-corrected chi connectivity index (χ2v) is 17.6. The van der Waals surface area contributed by atoms with E-state index in [1.54, 1.807) is 0 Å². The Hall–Kier alpha value is -1.18. The lowest BCUT2D eigenvalue weighted by atomic mass is 10.0. The lowest BCUT2D eigenvalue weighted by Gasteiger charge is -2.34. The molecule has 0 N–H and O–H groups in total. The molecule has 56 heavy (non-hydrogen) atoms. The summed E-state index contributed by atoms with van der Waals surface area (Å²) in [7, 11) is 2.23. The Labute approximate surface area is 349 Å². The third-order valence-electron chi connectivity index (χ3n) is 12.1. The first-order valence-electron chi connectivity index (χ1n) is 25.0. The maximum absolute atomic E-state index is 12.8. The third kappa shape index (κ3) is 34.8. The fourth-order valence-corrected chi connectivity index (χ4v) is 8.09. The van der Waals surface area contributed by atoms with Gasteiger partial charge in [-0.2, -0.15) is 0 Å². The highest BCUT2D eigenvalue weighted by atomic mass is 16.5. The van der Waals surface area contributed by atoms with Crippen LogP contribution in [-0.4, -0.2) is 98.8 Å². The summed E-state index contributed by atoms with van der Waals surface area (Å²) in [4.78, 5) is 32.8. The van der Waals surface area contributed by atoms with Gasteiger partial charge in [-0.3, -0.25) is 14.5 Å². The van der Waals surface area contributed by atoms with Gasteiger partial charge >= 0.3 is 11.9 Å². The van der Waals surface area contributed by atoms with Gasteiger partial charge in [0.05, 0.1) is 6.61 Å². The van der Waals surface area contributed by atoms with Crippen LogP contribution in [0.25, 0.3) is 0 Å². The maximum atomic E-state index is 12.8. The Bertz CT molecular complexity index is 833. The molecule has 0 bridgehead atoms. The van der Waals surface area contributed by atoms with Crippen LogP contribution in [0.2, 0.25) is 0 Å². The Morgan fingerprint density at radius 1 is 0.482 bits per heavy atom. The van der Waals surface area contributed by atoms with Crippen molar-refractivity contribution in [3.63, 3.8) is 0 Å². The Morgan fingerprint density at radius 3 is 1.39 bits per heavy atom. The van der Waals surface area contributed by atoms with Gasteiger partial charge in [-0.1, -0.05) is 162 Å². The van der Waals surface area contributed by atoms with E-state index in [0.717, 1.165) is 44.9 Å². The Balaban J connectivity index is 2.27. The van der Waals surface area contributed by atoms with Gasteiger partial charge in [-0.25, -0.2) is 0 Å². The highest BCUT2D eigenvalue weighted by Gasteiger charge is 2.16. The molecule has 332 valence electrons. The van der Waals surface area contributed by atoms with Crippen molar-refractivity contribution in [3.8, 4) is 0 Å². The van der Waals surface area contributed by atoms with E-state index in [9.17, 15) is 9.59 Å². The molecule has 0 aromatic heterocycles. The smallest absolute Gasteiger partial charge is 0.306 e. The zero-order chi connectivity index (χ0) is 40.6. The number of esters is 2. The minimum atomic E-state index is -0.00255. The van der Waals surface area contributed by atoms with Crippen molar-refractivity contribution in [2.45, 2.75) is 239 Å². The van der Waals surface area contributed by atoms with E-state index >= 15 is 0 Å². The second-order valence-electron chi connectivity index (χ2n) is 17.6. The molecule has 0 aromatic carbocycles. The zero-order valence-corrected chi connectivity index (χ0v) is 38.3. The van der Waals surface area contributed by atoms with Crippen molar-refractivity contribution >= 4 is 11.9 Å². The van der Waals surface area contributed by atoms with Gasteiger partial charge < -0.3 is 19.3 Å². The van der Waals surface area contributed by atoms with Crippen LogP contribution in [0.3, 0.4) is 0 Å². The van der Waals surface area contributed by atoms with Gasteiger partial charge in [0.2, 0.25) is 0 Å². The molecule has 0 unspecified atom stereocenters. The number of ether oxygens (including phenoxy) is 2. The van der Waals surface area contributed by atoms with E-state index in [-0.39, 0.29) is 18.0 Å². The molecule has 0 amide bonds. The molecule has 0 aromatic rings. The minimum Gasteiger partial charge on any atom is -0.466 e. The van der Waals surface area contributed by atoms with Crippen LogP contribution in [0.5, 0.6) is 0 Å². The number of hydrogen-bond donors (Lipinski definition) is 0. The van der Waals surface area contributed by atoms with Crippen molar-refractivity contribution < 1.29 is 19.1 Å². The van der Waals surface area contributed by atoms with Crippen LogP contribution < -0.4 is 0 Å². The van der Waals surface area contributed by atoms with E-state index in [0.29, 0.717) is 19.4 Å². The summed E-state index contributed by atoms with van der Waals surface area (Å²) in [5.74, 6) is 0.0398. The summed E-state index contributed by atoms with van der Waals surface area (Å²) in [6, 6.07) is 0. The van der Waals surface area contributed by atoms with Gasteiger partial charge in [-0.05, 0) is 77.9 Å². The number of likely N-dealkylation sites (N-methyl/N-ethyl adjacent to an activating group) is 1. The molecule has 0 radical (unpaired) electrons. The Kier molecular flexibility index (Phi) is 38.3. The lowest BCUT2D eigenvalue weighted by molar-refractivity contribution is -0.150. The topological polar surface area (TPSA) is 62.3 Å². The molecule has 1 heterocycles. The van der Waals surface area contributed by atoms with Crippen LogP contribution in [-0.2, 0) is 19.1 Å². The molecule has 1 aliphatic heterocycles. The predicted octanol–water partition coefficient (Wildman–Crippen LogP) is 12.9. The fourth-order valence-electron chi connectivity index (χ4n) is 8.09. The fraction of sp³-hybridized carbons (Fsp3) is 0.959. The molecule has 0 atom stereocenters. The molecule has 1 aliphatic rings. The van der Waals surface area contributed by atoms with Gasteiger partial charge in [0.1, 0.15) is 6.10 Å². The molecule has 0 aliphatic carbocycles. The first-order chi connectivity index (χ1) is 27.5. The predicted molar refractivity (Wildman–Crippen MR) is 241 cm³/mol. The molecule has 7 heteroatoms. The summed E-state index contributed by atoms with van der Waals surface area (Å²) in [5, 5.41) is 0. The third-order valence-corrected chi connectivity index (χ3v) is 12.1. The first-order valence-corrected chi connectivity index (χ1v) is 25.0. The Morgan fingerprint density at radius 2 is 0.893 bits per heavy atom. The largest absolute Gasteiger partial charge is 0.466 e. The maximum Gasteiger partial charge on any atom is 0.306 e. The molecule has 1 fully saturated rings. The molecule has 1 saturated heterocycles. The molecule has 0 spiro atoms.